The van der Waals surface area contributed by atoms with Gasteiger partial charge in [-0.3, -0.25) is 14.4 Å². The molecular formula is C23H25N7O2. The van der Waals surface area contributed by atoms with Crippen molar-refractivity contribution in [1.29, 1.82) is 0 Å². The first-order valence-corrected chi connectivity index (χ1v) is 10.6. The van der Waals surface area contributed by atoms with E-state index in [0.29, 0.717) is 22.2 Å². The monoisotopic (exact) mass is 431 g/mol. The molecule has 2 aromatic carbocycles. The summed E-state index contributed by atoms with van der Waals surface area (Å²) in [6, 6.07) is 11.9. The summed E-state index contributed by atoms with van der Waals surface area (Å²) in [5, 5.41) is 5.74. The Morgan fingerprint density at radius 1 is 1.12 bits per heavy atom. The van der Waals surface area contributed by atoms with Gasteiger partial charge in [-0.15, -0.1) is 0 Å². The number of benzene rings is 2. The van der Waals surface area contributed by atoms with Gasteiger partial charge in [0.2, 0.25) is 0 Å². The molecule has 4 aromatic rings. The number of aryl methyl sites for hydroxylation is 1. The first kappa shape index (κ1) is 20.3. The maximum Gasteiger partial charge on any atom is 0.322 e. The van der Waals surface area contributed by atoms with E-state index in [1.165, 1.54) is 5.56 Å². The van der Waals surface area contributed by atoms with E-state index in [1.54, 1.807) is 17.9 Å². The van der Waals surface area contributed by atoms with Crippen molar-refractivity contribution < 1.29 is 9.53 Å². The quantitative estimate of drug-likeness (QED) is 0.516. The SMILES string of the molecule is CN1CCN(Cc2cccc(Oc3ncc4ccc5c(C(N)=O)nn(C)c5c4n3)c2)CC1. The number of nitrogens with two attached hydrogens (primary N) is 1. The van der Waals surface area contributed by atoms with Crippen LogP contribution in [0.1, 0.15) is 16.1 Å². The van der Waals surface area contributed by atoms with Crippen LogP contribution < -0.4 is 10.5 Å². The molecule has 2 aromatic heterocycles. The molecule has 9 nitrogen and oxygen atoms in total. The molecule has 0 aliphatic carbocycles. The number of likely N-dealkylation sites (N-methyl/N-ethyl adjacent to an activating group) is 1. The molecular weight excluding hydrogens is 406 g/mol. The third kappa shape index (κ3) is 3.88. The highest BCUT2D eigenvalue weighted by atomic mass is 16.5. The van der Waals surface area contributed by atoms with Crippen LogP contribution in [0.5, 0.6) is 11.8 Å². The Labute approximate surface area is 185 Å². The Hall–Kier alpha value is -3.56. The summed E-state index contributed by atoms with van der Waals surface area (Å²) in [5.41, 5.74) is 8.26. The normalized spacial score (nSPS) is 15.4. The molecule has 164 valence electrons. The van der Waals surface area contributed by atoms with Crippen molar-refractivity contribution >= 4 is 27.7 Å². The number of amides is 1. The Morgan fingerprint density at radius 3 is 2.72 bits per heavy atom. The molecule has 1 saturated heterocycles. The predicted molar refractivity (Wildman–Crippen MR) is 122 cm³/mol. The topological polar surface area (TPSA) is 102 Å². The molecule has 9 heteroatoms. The summed E-state index contributed by atoms with van der Waals surface area (Å²) in [4.78, 5) is 25.5. The number of aromatic nitrogens is 4. The average Bonchev–Trinajstić information content (AvgIpc) is 3.13. The number of hydrogen-bond donors (Lipinski definition) is 1. The Balaban J connectivity index is 1.43. The molecule has 32 heavy (non-hydrogen) atoms. The number of fused-ring (bicyclic) bond motifs is 3. The lowest BCUT2D eigenvalue weighted by molar-refractivity contribution is 0.0996. The molecule has 0 bridgehead atoms. The number of ether oxygens (including phenoxy) is 1. The van der Waals surface area contributed by atoms with Crippen molar-refractivity contribution in [3.05, 3.63) is 53.9 Å². The number of carbonyl (C=O) groups is 1. The van der Waals surface area contributed by atoms with Crippen LogP contribution in [0.15, 0.2) is 42.6 Å². The van der Waals surface area contributed by atoms with Crippen molar-refractivity contribution in [1.82, 2.24) is 29.5 Å². The zero-order chi connectivity index (χ0) is 22.2. The first-order chi connectivity index (χ1) is 15.5. The maximum atomic E-state index is 11.7. The molecule has 1 amide bonds. The second kappa shape index (κ2) is 8.18. The summed E-state index contributed by atoms with van der Waals surface area (Å²) >= 11 is 0. The summed E-state index contributed by atoms with van der Waals surface area (Å²) < 4.78 is 7.62. The molecule has 0 spiro atoms. The van der Waals surface area contributed by atoms with Crippen LogP contribution in [0.3, 0.4) is 0 Å². The highest BCUT2D eigenvalue weighted by Gasteiger charge is 2.18. The van der Waals surface area contributed by atoms with Crippen LogP contribution in [0.25, 0.3) is 21.8 Å². The fourth-order valence-corrected chi connectivity index (χ4v) is 4.15. The minimum absolute atomic E-state index is 0.224. The van der Waals surface area contributed by atoms with Gasteiger partial charge in [-0.2, -0.15) is 10.1 Å². The van der Waals surface area contributed by atoms with Gasteiger partial charge in [-0.25, -0.2) is 4.98 Å². The summed E-state index contributed by atoms with van der Waals surface area (Å²) in [6.07, 6.45) is 1.71. The molecule has 3 heterocycles. The van der Waals surface area contributed by atoms with Crippen molar-refractivity contribution in [2.24, 2.45) is 12.8 Å². The number of nitrogens with zero attached hydrogens (tertiary/aromatic N) is 6. The summed E-state index contributed by atoms with van der Waals surface area (Å²) in [6.45, 7) is 5.17. The Morgan fingerprint density at radius 2 is 1.94 bits per heavy atom. The second-order valence-corrected chi connectivity index (χ2v) is 8.22. The van der Waals surface area contributed by atoms with Crippen LogP contribution in [-0.2, 0) is 13.6 Å². The maximum absolute atomic E-state index is 11.7. The highest BCUT2D eigenvalue weighted by molar-refractivity contribution is 6.11. The molecule has 1 fully saturated rings. The minimum atomic E-state index is -0.572. The lowest BCUT2D eigenvalue weighted by Crippen LogP contribution is -2.43. The van der Waals surface area contributed by atoms with Gasteiger partial charge in [-0.05, 0) is 30.8 Å². The van der Waals surface area contributed by atoms with Crippen LogP contribution in [0.4, 0.5) is 0 Å². The third-order valence-electron chi connectivity index (χ3n) is 5.88. The van der Waals surface area contributed by atoms with Crippen molar-refractivity contribution in [2.75, 3.05) is 33.2 Å². The molecule has 1 aliphatic rings. The largest absolute Gasteiger partial charge is 0.424 e. The van der Waals surface area contributed by atoms with Gasteiger partial charge < -0.3 is 15.4 Å². The lowest BCUT2D eigenvalue weighted by atomic mass is 10.1. The number of primary amides is 1. The molecule has 1 aliphatic heterocycles. The fraction of sp³-hybridized carbons (Fsp3) is 0.304. The van der Waals surface area contributed by atoms with Gasteiger partial charge in [0.25, 0.3) is 5.91 Å². The summed E-state index contributed by atoms with van der Waals surface area (Å²) in [7, 11) is 3.92. The van der Waals surface area contributed by atoms with E-state index < -0.39 is 5.91 Å². The zero-order valence-electron chi connectivity index (χ0n) is 18.2. The zero-order valence-corrected chi connectivity index (χ0v) is 18.2. The van der Waals surface area contributed by atoms with Crippen molar-refractivity contribution in [3.63, 3.8) is 0 Å². The molecule has 0 unspecified atom stereocenters. The minimum Gasteiger partial charge on any atom is -0.424 e. The highest BCUT2D eigenvalue weighted by Crippen LogP contribution is 2.28. The van der Waals surface area contributed by atoms with E-state index in [9.17, 15) is 4.79 Å². The number of carbonyl (C=O) groups excluding carboxylic acids is 1. The molecule has 0 radical (unpaired) electrons. The fourth-order valence-electron chi connectivity index (χ4n) is 4.15. The standard InChI is InChI=1S/C23H25N7O2/c1-28-8-10-30(11-9-28)14-15-4-3-5-17(12-15)32-23-25-13-16-6-7-18-20(22(24)31)27-29(2)21(18)19(16)26-23/h3-7,12-13H,8-11,14H2,1-2H3,(H2,24,31). The van der Waals surface area contributed by atoms with Crippen LogP contribution in [0.2, 0.25) is 0 Å². The smallest absolute Gasteiger partial charge is 0.322 e. The van der Waals surface area contributed by atoms with E-state index in [4.69, 9.17) is 10.5 Å². The predicted octanol–water partition coefficient (Wildman–Crippen LogP) is 2.16. The van der Waals surface area contributed by atoms with E-state index in [0.717, 1.165) is 38.1 Å². The summed E-state index contributed by atoms with van der Waals surface area (Å²) in [5.74, 6) is 0.114. The van der Waals surface area contributed by atoms with E-state index in [1.807, 2.05) is 30.3 Å². The van der Waals surface area contributed by atoms with Gasteiger partial charge in [-0.1, -0.05) is 18.2 Å². The lowest BCUT2D eigenvalue weighted by Gasteiger charge is -2.32. The first-order valence-electron chi connectivity index (χ1n) is 10.6. The third-order valence-corrected chi connectivity index (χ3v) is 5.88. The van der Waals surface area contributed by atoms with E-state index in [-0.39, 0.29) is 11.7 Å². The van der Waals surface area contributed by atoms with Gasteiger partial charge in [0.05, 0.1) is 5.52 Å². The van der Waals surface area contributed by atoms with Crippen molar-refractivity contribution in [3.8, 4) is 11.8 Å². The second-order valence-electron chi connectivity index (χ2n) is 8.22. The number of rotatable bonds is 5. The van der Waals surface area contributed by atoms with Crippen LogP contribution in [-0.4, -0.2) is 68.7 Å². The van der Waals surface area contributed by atoms with Gasteiger partial charge in [0, 0.05) is 56.7 Å². The van der Waals surface area contributed by atoms with Crippen LogP contribution in [0, 0.1) is 0 Å². The van der Waals surface area contributed by atoms with Crippen molar-refractivity contribution in [2.45, 2.75) is 6.54 Å². The molecule has 2 N–H and O–H groups in total. The van der Waals surface area contributed by atoms with Gasteiger partial charge in [0.15, 0.2) is 5.69 Å². The van der Waals surface area contributed by atoms with Gasteiger partial charge >= 0.3 is 6.01 Å². The number of hydrogen-bond acceptors (Lipinski definition) is 7. The Kier molecular flexibility index (Phi) is 5.20. The molecule has 5 rings (SSSR count). The average molecular weight is 432 g/mol. The van der Waals surface area contributed by atoms with E-state index >= 15 is 0 Å². The Bertz CT molecular complexity index is 1310. The van der Waals surface area contributed by atoms with Gasteiger partial charge in [0.1, 0.15) is 11.3 Å². The number of piperazine rings is 1. The molecule has 0 atom stereocenters. The van der Waals surface area contributed by atoms with E-state index in [2.05, 4.69) is 38.0 Å². The van der Waals surface area contributed by atoms with Crippen LogP contribution >= 0.6 is 0 Å². The molecule has 0 saturated carbocycles.